The van der Waals surface area contributed by atoms with Gasteiger partial charge in [0.05, 0.1) is 0 Å². The molecule has 0 aliphatic rings. The Morgan fingerprint density at radius 2 is 1.00 bits per heavy atom. The first-order chi connectivity index (χ1) is 14.2. The Morgan fingerprint density at radius 1 is 0.517 bits per heavy atom. The third-order valence-electron chi connectivity index (χ3n) is 4.55. The Hall–Kier alpha value is -3.93. The van der Waals surface area contributed by atoms with Crippen LogP contribution in [0.3, 0.4) is 0 Å². The summed E-state index contributed by atoms with van der Waals surface area (Å²) >= 11 is 0. The van der Waals surface area contributed by atoms with Gasteiger partial charge in [-0.15, -0.1) is 0 Å². The lowest BCUT2D eigenvalue weighted by Gasteiger charge is -2.13. The normalized spacial score (nSPS) is 10.4. The molecule has 0 spiro atoms. The van der Waals surface area contributed by atoms with Crippen LogP contribution >= 0.6 is 0 Å². The van der Waals surface area contributed by atoms with Gasteiger partial charge in [-0.05, 0) is 55.3 Å². The fraction of sp³-hybridized carbons (Fsp3) is 0.0870. The van der Waals surface area contributed by atoms with Crippen molar-refractivity contribution in [2.24, 2.45) is 0 Å². The highest BCUT2D eigenvalue weighted by Crippen LogP contribution is 2.23. The lowest BCUT2D eigenvalue weighted by Crippen LogP contribution is -2.08. The fourth-order valence-electron chi connectivity index (χ4n) is 2.85. The van der Waals surface area contributed by atoms with Gasteiger partial charge in [0, 0.05) is 17.1 Å². The van der Waals surface area contributed by atoms with Crippen LogP contribution in [0.2, 0.25) is 0 Å². The van der Waals surface area contributed by atoms with Gasteiger partial charge in [-0.3, -0.25) is 0 Å². The molecule has 0 aliphatic heterocycles. The maximum absolute atomic E-state index is 4.55. The van der Waals surface area contributed by atoms with Crippen molar-refractivity contribution in [2.75, 3.05) is 16.0 Å². The molecule has 1 heterocycles. The van der Waals surface area contributed by atoms with Crippen molar-refractivity contribution < 1.29 is 0 Å². The number of aromatic nitrogens is 3. The molecule has 0 unspecified atom stereocenters. The summed E-state index contributed by atoms with van der Waals surface area (Å²) in [5.74, 6) is 1.38. The van der Waals surface area contributed by atoms with Crippen molar-refractivity contribution in [1.82, 2.24) is 15.0 Å². The first kappa shape index (κ1) is 18.4. The highest BCUT2D eigenvalue weighted by Gasteiger charge is 2.09. The van der Waals surface area contributed by atoms with Crippen molar-refractivity contribution >= 4 is 34.9 Å². The van der Waals surface area contributed by atoms with E-state index in [1.807, 2.05) is 72.8 Å². The zero-order valence-electron chi connectivity index (χ0n) is 16.3. The molecule has 0 fully saturated rings. The number of hydrogen-bond donors (Lipinski definition) is 3. The van der Waals surface area contributed by atoms with E-state index < -0.39 is 0 Å². The van der Waals surface area contributed by atoms with Gasteiger partial charge >= 0.3 is 0 Å². The van der Waals surface area contributed by atoms with E-state index in [0.29, 0.717) is 17.8 Å². The zero-order valence-corrected chi connectivity index (χ0v) is 16.3. The minimum absolute atomic E-state index is 0.456. The summed E-state index contributed by atoms with van der Waals surface area (Å²) in [6, 6.07) is 25.7. The first-order valence-corrected chi connectivity index (χ1v) is 9.41. The SMILES string of the molecule is Cc1cccc(Nc2nc(Nc3ccccc3)nc(Nc3ccccc3)n2)c1C. The highest BCUT2D eigenvalue weighted by atomic mass is 15.3. The van der Waals surface area contributed by atoms with E-state index in [9.17, 15) is 0 Å². The molecule has 0 radical (unpaired) electrons. The number of aryl methyl sites for hydroxylation is 1. The highest BCUT2D eigenvalue weighted by molar-refractivity contribution is 5.64. The number of nitrogens with zero attached hydrogens (tertiary/aromatic N) is 3. The number of para-hydroxylation sites is 2. The molecule has 6 heteroatoms. The summed E-state index contributed by atoms with van der Waals surface area (Å²) in [5, 5.41) is 9.80. The first-order valence-electron chi connectivity index (χ1n) is 9.41. The standard InChI is InChI=1S/C23H22N6/c1-16-10-9-15-20(17(16)2)26-23-28-21(24-18-11-5-3-6-12-18)27-22(29-23)25-19-13-7-4-8-14-19/h3-15H,1-2H3,(H3,24,25,26,27,28,29). The molecule has 29 heavy (non-hydrogen) atoms. The molecular formula is C23H22N6. The molecule has 0 bridgehead atoms. The largest absolute Gasteiger partial charge is 0.324 e. The van der Waals surface area contributed by atoms with Crippen LogP contribution in [-0.2, 0) is 0 Å². The smallest absolute Gasteiger partial charge is 0.233 e. The van der Waals surface area contributed by atoms with Gasteiger partial charge in [0.15, 0.2) is 0 Å². The third kappa shape index (κ3) is 4.68. The second-order valence-corrected chi connectivity index (χ2v) is 6.66. The van der Waals surface area contributed by atoms with E-state index in [4.69, 9.17) is 0 Å². The Kier molecular flexibility index (Phi) is 5.33. The lowest BCUT2D eigenvalue weighted by atomic mass is 10.1. The molecule has 0 amide bonds. The number of anilines is 6. The molecule has 0 atom stereocenters. The zero-order chi connectivity index (χ0) is 20.1. The van der Waals surface area contributed by atoms with E-state index in [-0.39, 0.29) is 0 Å². The van der Waals surface area contributed by atoms with Crippen molar-refractivity contribution in [1.29, 1.82) is 0 Å². The summed E-state index contributed by atoms with van der Waals surface area (Å²) in [6.07, 6.45) is 0. The number of benzene rings is 3. The monoisotopic (exact) mass is 382 g/mol. The number of rotatable bonds is 6. The molecule has 3 N–H and O–H groups in total. The Balaban J connectivity index is 1.68. The summed E-state index contributed by atoms with van der Waals surface area (Å²) in [6.45, 7) is 4.16. The minimum Gasteiger partial charge on any atom is -0.324 e. The molecule has 3 aromatic carbocycles. The summed E-state index contributed by atoms with van der Waals surface area (Å²) in [5.41, 5.74) is 5.13. The predicted octanol–water partition coefficient (Wildman–Crippen LogP) is 5.72. The summed E-state index contributed by atoms with van der Waals surface area (Å²) < 4.78 is 0. The van der Waals surface area contributed by atoms with E-state index in [2.05, 4.69) is 50.8 Å². The van der Waals surface area contributed by atoms with Crippen LogP contribution in [0.4, 0.5) is 34.9 Å². The van der Waals surface area contributed by atoms with E-state index in [1.54, 1.807) is 0 Å². The quantitative estimate of drug-likeness (QED) is 0.396. The number of hydrogen-bond acceptors (Lipinski definition) is 6. The van der Waals surface area contributed by atoms with Crippen molar-refractivity contribution in [3.8, 4) is 0 Å². The lowest BCUT2D eigenvalue weighted by molar-refractivity contribution is 1.06. The molecular weight excluding hydrogens is 360 g/mol. The van der Waals surface area contributed by atoms with Crippen LogP contribution in [0, 0.1) is 13.8 Å². The van der Waals surface area contributed by atoms with Gasteiger partial charge in [0.25, 0.3) is 0 Å². The van der Waals surface area contributed by atoms with Gasteiger partial charge < -0.3 is 16.0 Å². The van der Waals surface area contributed by atoms with Gasteiger partial charge in [0.1, 0.15) is 0 Å². The maximum atomic E-state index is 4.55. The molecule has 1 aromatic heterocycles. The van der Waals surface area contributed by atoms with E-state index in [0.717, 1.165) is 22.6 Å². The Labute approximate surface area is 170 Å². The van der Waals surface area contributed by atoms with E-state index >= 15 is 0 Å². The average Bonchev–Trinajstić information content (AvgIpc) is 2.73. The average molecular weight is 382 g/mol. The molecule has 144 valence electrons. The van der Waals surface area contributed by atoms with Crippen molar-refractivity contribution in [3.63, 3.8) is 0 Å². The molecule has 4 aromatic rings. The Bertz CT molecular complexity index is 1040. The number of nitrogens with one attached hydrogen (secondary N) is 3. The predicted molar refractivity (Wildman–Crippen MR) is 118 cm³/mol. The molecule has 0 saturated heterocycles. The van der Waals surface area contributed by atoms with E-state index in [1.165, 1.54) is 5.56 Å². The van der Waals surface area contributed by atoms with Gasteiger partial charge in [0.2, 0.25) is 17.8 Å². The van der Waals surface area contributed by atoms with Crippen LogP contribution in [0.15, 0.2) is 78.9 Å². The molecule has 0 saturated carbocycles. The molecule has 4 rings (SSSR count). The molecule has 0 aliphatic carbocycles. The van der Waals surface area contributed by atoms with Crippen LogP contribution < -0.4 is 16.0 Å². The van der Waals surface area contributed by atoms with Gasteiger partial charge in [-0.1, -0.05) is 48.5 Å². The summed E-state index contributed by atoms with van der Waals surface area (Å²) in [7, 11) is 0. The second kappa shape index (κ2) is 8.39. The third-order valence-corrected chi connectivity index (χ3v) is 4.55. The molecule has 6 nitrogen and oxygen atoms in total. The summed E-state index contributed by atoms with van der Waals surface area (Å²) in [4.78, 5) is 13.6. The van der Waals surface area contributed by atoms with Crippen LogP contribution in [0.25, 0.3) is 0 Å². The minimum atomic E-state index is 0.456. The Morgan fingerprint density at radius 3 is 1.52 bits per heavy atom. The van der Waals surface area contributed by atoms with Crippen LogP contribution in [0.1, 0.15) is 11.1 Å². The fourth-order valence-corrected chi connectivity index (χ4v) is 2.85. The van der Waals surface area contributed by atoms with Crippen molar-refractivity contribution in [3.05, 3.63) is 90.0 Å². The second-order valence-electron chi connectivity index (χ2n) is 6.66. The van der Waals surface area contributed by atoms with Crippen LogP contribution in [-0.4, -0.2) is 15.0 Å². The maximum Gasteiger partial charge on any atom is 0.233 e. The van der Waals surface area contributed by atoms with Crippen LogP contribution in [0.5, 0.6) is 0 Å². The van der Waals surface area contributed by atoms with Gasteiger partial charge in [-0.2, -0.15) is 15.0 Å². The topological polar surface area (TPSA) is 74.8 Å². The van der Waals surface area contributed by atoms with Gasteiger partial charge in [-0.25, -0.2) is 0 Å². The van der Waals surface area contributed by atoms with Crippen molar-refractivity contribution in [2.45, 2.75) is 13.8 Å².